The van der Waals surface area contributed by atoms with Gasteiger partial charge in [0.1, 0.15) is 4.21 Å². The predicted octanol–water partition coefficient (Wildman–Crippen LogP) is 1.76. The Morgan fingerprint density at radius 3 is 2.30 bits per heavy atom. The van der Waals surface area contributed by atoms with Crippen molar-refractivity contribution in [2.75, 3.05) is 0 Å². The second kappa shape index (κ2) is 2.61. The maximum atomic E-state index is 10.4. The van der Waals surface area contributed by atoms with Crippen LogP contribution in [0.1, 0.15) is 0 Å². The minimum absolute atomic E-state index is 0.0422. The third kappa shape index (κ3) is 1.79. The third-order valence-electron chi connectivity index (χ3n) is 0.803. The van der Waals surface area contributed by atoms with Crippen LogP contribution in [0.4, 0.5) is 0 Å². The molecule has 56 valence electrons. The molecule has 0 aliphatic rings. The van der Waals surface area contributed by atoms with Crippen LogP contribution in [0, 0.1) is 0 Å². The van der Waals surface area contributed by atoms with E-state index < -0.39 is 10.1 Å². The first kappa shape index (κ1) is 8.19. The molecule has 1 heterocycles. The second-order valence-corrected chi connectivity index (χ2v) is 5.65. The molecule has 0 aliphatic heterocycles. The van der Waals surface area contributed by atoms with E-state index in [4.69, 9.17) is 4.55 Å². The molecule has 0 unspecified atom stereocenters. The van der Waals surface area contributed by atoms with Crippen molar-refractivity contribution in [3.8, 4) is 0 Å². The highest BCUT2D eigenvalue weighted by molar-refractivity contribution is 9.11. The molecule has 0 atom stereocenters. The molecule has 0 bridgehead atoms. The molecule has 0 spiro atoms. The molecule has 0 aromatic carbocycles. The van der Waals surface area contributed by atoms with Crippen LogP contribution in [0.25, 0.3) is 0 Å². The summed E-state index contributed by atoms with van der Waals surface area (Å²) in [4.78, 5) is 0. The van der Waals surface area contributed by atoms with Crippen LogP contribution in [0.2, 0.25) is 0 Å². The van der Waals surface area contributed by atoms with Gasteiger partial charge in [0, 0.05) is 0 Å². The lowest BCUT2D eigenvalue weighted by Gasteiger charge is -1.85. The Morgan fingerprint density at radius 2 is 2.10 bits per heavy atom. The van der Waals surface area contributed by atoms with Crippen LogP contribution in [-0.2, 0) is 10.1 Å². The lowest BCUT2D eigenvalue weighted by Crippen LogP contribution is -1.92. The van der Waals surface area contributed by atoms with E-state index >= 15 is 0 Å². The van der Waals surface area contributed by atoms with Gasteiger partial charge in [0.05, 0.1) is 3.79 Å². The monoisotopic (exact) mass is 242 g/mol. The Balaban J connectivity index is 3.21. The van der Waals surface area contributed by atoms with Gasteiger partial charge in [-0.05, 0) is 28.1 Å². The van der Waals surface area contributed by atoms with Crippen LogP contribution in [0.15, 0.2) is 20.1 Å². The van der Waals surface area contributed by atoms with E-state index in [1.54, 1.807) is 6.07 Å². The summed E-state index contributed by atoms with van der Waals surface area (Å²) in [6.07, 6.45) is 0. The molecular weight excluding hydrogens is 240 g/mol. The summed E-state index contributed by atoms with van der Waals surface area (Å²) in [7, 11) is -3.99. The summed E-state index contributed by atoms with van der Waals surface area (Å²) in [5.74, 6) is 0. The zero-order valence-corrected chi connectivity index (χ0v) is 7.83. The Kier molecular flexibility index (Phi) is 2.14. The highest BCUT2D eigenvalue weighted by Gasteiger charge is 2.10. The van der Waals surface area contributed by atoms with Gasteiger partial charge in [0.25, 0.3) is 0 Å². The molecule has 0 amide bonds. The van der Waals surface area contributed by atoms with Gasteiger partial charge < -0.3 is 0 Å². The molecule has 3 nitrogen and oxygen atoms in total. The van der Waals surface area contributed by atoms with Crippen molar-refractivity contribution in [3.05, 3.63) is 15.9 Å². The van der Waals surface area contributed by atoms with E-state index in [0.717, 1.165) is 11.3 Å². The van der Waals surface area contributed by atoms with E-state index in [0.29, 0.717) is 3.79 Å². The molecular formula is C4H3BrO3S2. The fourth-order valence-corrected chi connectivity index (χ4v) is 2.81. The third-order valence-corrected chi connectivity index (χ3v) is 3.75. The van der Waals surface area contributed by atoms with Crippen molar-refractivity contribution in [2.45, 2.75) is 4.21 Å². The number of hydrogen-bond acceptors (Lipinski definition) is 3. The molecule has 1 N–H and O–H groups in total. The maximum Gasteiger partial charge on any atom is 0.304 e. The normalized spacial score (nSPS) is 11.8. The van der Waals surface area contributed by atoms with Crippen LogP contribution >= 0.6 is 27.3 Å². The molecule has 0 saturated heterocycles. The van der Waals surface area contributed by atoms with Crippen LogP contribution < -0.4 is 0 Å². The first-order valence-corrected chi connectivity index (χ1v) is 5.28. The van der Waals surface area contributed by atoms with Gasteiger partial charge in [-0.3, -0.25) is 4.55 Å². The van der Waals surface area contributed by atoms with Crippen molar-refractivity contribution >= 4 is 37.4 Å². The van der Waals surface area contributed by atoms with Gasteiger partial charge in [-0.1, -0.05) is 0 Å². The van der Waals surface area contributed by atoms with Gasteiger partial charge in [-0.25, -0.2) is 0 Å². The molecule has 10 heavy (non-hydrogen) atoms. The number of halogens is 1. The van der Waals surface area contributed by atoms with Gasteiger partial charge >= 0.3 is 10.1 Å². The zero-order valence-electron chi connectivity index (χ0n) is 4.61. The molecule has 1 aromatic heterocycles. The molecule has 0 radical (unpaired) electrons. The van der Waals surface area contributed by atoms with Crippen molar-refractivity contribution in [2.24, 2.45) is 0 Å². The SMILES string of the molecule is O=S(=O)(O)c1ccc(Br)s1. The fourth-order valence-electron chi connectivity index (χ4n) is 0.436. The van der Waals surface area contributed by atoms with Crippen molar-refractivity contribution in [1.82, 2.24) is 0 Å². The van der Waals surface area contributed by atoms with Gasteiger partial charge in [-0.2, -0.15) is 8.42 Å². The maximum absolute atomic E-state index is 10.4. The summed E-state index contributed by atoms with van der Waals surface area (Å²) >= 11 is 4.04. The topological polar surface area (TPSA) is 54.4 Å². The first-order chi connectivity index (χ1) is 4.50. The van der Waals surface area contributed by atoms with Gasteiger partial charge in [0.2, 0.25) is 0 Å². The van der Waals surface area contributed by atoms with E-state index in [2.05, 4.69) is 15.9 Å². The van der Waals surface area contributed by atoms with E-state index in [9.17, 15) is 8.42 Å². The average Bonchev–Trinajstić information content (AvgIpc) is 2.11. The van der Waals surface area contributed by atoms with Gasteiger partial charge in [-0.15, -0.1) is 11.3 Å². The molecule has 0 aliphatic carbocycles. The Labute approximate surface area is 70.6 Å². The molecule has 1 aromatic rings. The molecule has 0 fully saturated rings. The number of rotatable bonds is 1. The van der Waals surface area contributed by atoms with Crippen LogP contribution in [0.3, 0.4) is 0 Å². The van der Waals surface area contributed by atoms with Crippen LogP contribution in [0.5, 0.6) is 0 Å². The van der Waals surface area contributed by atoms with E-state index in [-0.39, 0.29) is 4.21 Å². The minimum atomic E-state index is -3.99. The Hall–Kier alpha value is 0.0900. The lowest BCUT2D eigenvalue weighted by atomic mass is 10.7. The molecule has 6 heteroatoms. The number of thiophene rings is 1. The summed E-state index contributed by atoms with van der Waals surface area (Å²) in [6.45, 7) is 0. The lowest BCUT2D eigenvalue weighted by molar-refractivity contribution is 0.485. The van der Waals surface area contributed by atoms with Gasteiger partial charge in [0.15, 0.2) is 0 Å². The summed E-state index contributed by atoms with van der Waals surface area (Å²) < 4.78 is 29.9. The predicted molar refractivity (Wildman–Crippen MR) is 41.8 cm³/mol. The molecule has 0 saturated carbocycles. The highest BCUT2D eigenvalue weighted by Crippen LogP contribution is 2.25. The highest BCUT2D eigenvalue weighted by atomic mass is 79.9. The van der Waals surface area contributed by atoms with Crippen molar-refractivity contribution < 1.29 is 13.0 Å². The second-order valence-electron chi connectivity index (χ2n) is 1.53. The molecule has 1 rings (SSSR count). The smallest absolute Gasteiger partial charge is 0.281 e. The van der Waals surface area contributed by atoms with Crippen molar-refractivity contribution in [1.29, 1.82) is 0 Å². The Morgan fingerprint density at radius 1 is 1.50 bits per heavy atom. The summed E-state index contributed by atoms with van der Waals surface area (Å²) in [6, 6.07) is 2.90. The Bertz CT molecular complexity index is 326. The summed E-state index contributed by atoms with van der Waals surface area (Å²) in [5, 5.41) is 0. The van der Waals surface area contributed by atoms with E-state index in [1.807, 2.05) is 0 Å². The fraction of sp³-hybridized carbons (Fsp3) is 0. The standard InChI is InChI=1S/C4H3BrO3S2/c5-3-1-2-4(9-3)10(6,7)8/h1-2H,(H,6,7,8). The average molecular weight is 243 g/mol. The first-order valence-electron chi connectivity index (χ1n) is 2.23. The van der Waals surface area contributed by atoms with Crippen molar-refractivity contribution in [3.63, 3.8) is 0 Å². The minimum Gasteiger partial charge on any atom is -0.281 e. The van der Waals surface area contributed by atoms with E-state index in [1.165, 1.54) is 6.07 Å². The zero-order chi connectivity index (χ0) is 7.78. The quantitative estimate of drug-likeness (QED) is 0.764. The largest absolute Gasteiger partial charge is 0.304 e. The van der Waals surface area contributed by atoms with Crippen LogP contribution in [-0.4, -0.2) is 13.0 Å². The summed E-state index contributed by atoms with van der Waals surface area (Å²) in [5.41, 5.74) is 0. The number of hydrogen-bond donors (Lipinski definition) is 1.